The van der Waals surface area contributed by atoms with Crippen LogP contribution in [0.15, 0.2) is 54.6 Å². The number of nitrogens with one attached hydrogen (secondary N) is 1. The lowest BCUT2D eigenvalue weighted by molar-refractivity contribution is -0.111. The molecule has 0 unspecified atom stereocenters. The van der Waals surface area contributed by atoms with Crippen molar-refractivity contribution in [2.24, 2.45) is 0 Å². The van der Waals surface area contributed by atoms with Crippen molar-refractivity contribution in [3.05, 3.63) is 65.7 Å². The summed E-state index contributed by atoms with van der Waals surface area (Å²) in [6.07, 6.45) is 5.28. The highest BCUT2D eigenvalue weighted by atomic mass is 16.1. The molecule has 0 bridgehead atoms. The highest BCUT2D eigenvalue weighted by Gasteiger charge is 2.03. The molecule has 3 N–H and O–H groups in total. The molecule has 21 heavy (non-hydrogen) atoms. The van der Waals surface area contributed by atoms with Gasteiger partial charge in [-0.2, -0.15) is 0 Å². The third-order valence-corrected chi connectivity index (χ3v) is 3.13. The van der Waals surface area contributed by atoms with Crippen molar-refractivity contribution in [2.75, 3.05) is 11.1 Å². The van der Waals surface area contributed by atoms with E-state index in [1.54, 1.807) is 6.08 Å². The van der Waals surface area contributed by atoms with E-state index in [0.717, 1.165) is 29.7 Å². The molecule has 0 saturated carbocycles. The predicted molar refractivity (Wildman–Crippen MR) is 89.0 cm³/mol. The Morgan fingerprint density at radius 3 is 2.76 bits per heavy atom. The monoisotopic (exact) mass is 280 g/mol. The number of nitrogen functional groups attached to an aromatic ring is 1. The quantitative estimate of drug-likeness (QED) is 0.645. The molecule has 0 radical (unpaired) electrons. The molecular formula is C18H20N2O. The first kappa shape index (κ1) is 14.9. The van der Waals surface area contributed by atoms with Gasteiger partial charge in [-0.05, 0) is 41.8 Å². The Labute approximate surface area is 125 Å². The highest BCUT2D eigenvalue weighted by molar-refractivity contribution is 6.02. The lowest BCUT2D eigenvalue weighted by Crippen LogP contribution is -2.09. The third-order valence-electron chi connectivity index (χ3n) is 3.13. The van der Waals surface area contributed by atoms with Gasteiger partial charge in [0.15, 0.2) is 0 Å². The molecule has 0 aliphatic heterocycles. The summed E-state index contributed by atoms with van der Waals surface area (Å²) in [5.41, 5.74) is 9.34. The summed E-state index contributed by atoms with van der Waals surface area (Å²) in [7, 11) is 0. The molecule has 2 rings (SSSR count). The number of amides is 1. The van der Waals surface area contributed by atoms with Gasteiger partial charge in [-0.1, -0.05) is 43.7 Å². The Kier molecular flexibility index (Phi) is 5.16. The Bertz CT molecular complexity index is 647. The molecule has 0 spiro atoms. The lowest BCUT2D eigenvalue weighted by atomic mass is 10.1. The molecule has 2 aromatic rings. The zero-order valence-electron chi connectivity index (χ0n) is 12.2. The van der Waals surface area contributed by atoms with E-state index in [2.05, 4.69) is 12.2 Å². The van der Waals surface area contributed by atoms with Crippen molar-refractivity contribution in [1.29, 1.82) is 0 Å². The van der Waals surface area contributed by atoms with Crippen molar-refractivity contribution in [3.8, 4) is 0 Å². The van der Waals surface area contributed by atoms with E-state index in [1.807, 2.05) is 48.5 Å². The Hall–Kier alpha value is -2.55. The van der Waals surface area contributed by atoms with E-state index in [0.29, 0.717) is 5.69 Å². The Morgan fingerprint density at radius 1 is 1.19 bits per heavy atom. The second-order valence-electron chi connectivity index (χ2n) is 4.90. The molecule has 1 amide bonds. The van der Waals surface area contributed by atoms with Crippen LogP contribution < -0.4 is 11.1 Å². The number of aryl methyl sites for hydroxylation is 1. The first-order valence-corrected chi connectivity index (χ1v) is 7.11. The minimum atomic E-state index is -0.138. The van der Waals surface area contributed by atoms with Crippen molar-refractivity contribution >= 4 is 23.4 Å². The van der Waals surface area contributed by atoms with Crippen molar-refractivity contribution in [1.82, 2.24) is 0 Å². The largest absolute Gasteiger partial charge is 0.399 e. The summed E-state index contributed by atoms with van der Waals surface area (Å²) in [6.45, 7) is 2.12. The zero-order chi connectivity index (χ0) is 15.1. The number of hydrogen-bond donors (Lipinski definition) is 2. The minimum absolute atomic E-state index is 0.138. The van der Waals surface area contributed by atoms with Gasteiger partial charge >= 0.3 is 0 Å². The van der Waals surface area contributed by atoms with Crippen LogP contribution in [0.1, 0.15) is 24.5 Å². The molecule has 0 saturated heterocycles. The fourth-order valence-corrected chi connectivity index (χ4v) is 2.14. The predicted octanol–water partition coefficient (Wildman–Crippen LogP) is 3.87. The minimum Gasteiger partial charge on any atom is -0.399 e. The number of hydrogen-bond acceptors (Lipinski definition) is 2. The molecule has 0 aliphatic rings. The Balaban J connectivity index is 2.05. The SMILES string of the molecule is CCCc1ccccc1NC(=O)/C=C/c1cccc(N)c1. The normalized spacial score (nSPS) is 10.7. The molecule has 3 nitrogen and oxygen atoms in total. The fraction of sp³-hybridized carbons (Fsp3) is 0.167. The number of carbonyl (C=O) groups excluding carboxylic acids is 1. The van der Waals surface area contributed by atoms with E-state index in [1.165, 1.54) is 6.08 Å². The van der Waals surface area contributed by atoms with Gasteiger partial charge in [-0.25, -0.2) is 0 Å². The van der Waals surface area contributed by atoms with Gasteiger partial charge in [-0.15, -0.1) is 0 Å². The van der Waals surface area contributed by atoms with Gasteiger partial charge in [0, 0.05) is 17.5 Å². The van der Waals surface area contributed by atoms with E-state index >= 15 is 0 Å². The van der Waals surface area contributed by atoms with Crippen LogP contribution >= 0.6 is 0 Å². The molecular weight excluding hydrogens is 260 g/mol. The van der Waals surface area contributed by atoms with Gasteiger partial charge < -0.3 is 11.1 Å². The average molecular weight is 280 g/mol. The summed E-state index contributed by atoms with van der Waals surface area (Å²) in [5, 5.41) is 2.92. The Morgan fingerprint density at radius 2 is 2.00 bits per heavy atom. The van der Waals surface area contributed by atoms with Crippen LogP contribution in [0.4, 0.5) is 11.4 Å². The zero-order valence-corrected chi connectivity index (χ0v) is 12.2. The summed E-state index contributed by atoms with van der Waals surface area (Å²) in [4.78, 5) is 12.0. The summed E-state index contributed by atoms with van der Waals surface area (Å²) in [6, 6.07) is 15.3. The topological polar surface area (TPSA) is 55.1 Å². The van der Waals surface area contributed by atoms with Crippen LogP contribution in [0.2, 0.25) is 0 Å². The lowest BCUT2D eigenvalue weighted by Gasteiger charge is -2.08. The molecule has 0 aromatic heterocycles. The summed E-state index contributed by atoms with van der Waals surface area (Å²) >= 11 is 0. The average Bonchev–Trinajstić information content (AvgIpc) is 2.48. The van der Waals surface area contributed by atoms with Crippen molar-refractivity contribution in [2.45, 2.75) is 19.8 Å². The van der Waals surface area contributed by atoms with Gasteiger partial charge in [0.25, 0.3) is 0 Å². The van der Waals surface area contributed by atoms with Crippen molar-refractivity contribution < 1.29 is 4.79 Å². The van der Waals surface area contributed by atoms with E-state index in [4.69, 9.17) is 5.73 Å². The van der Waals surface area contributed by atoms with Crippen LogP contribution in [0.5, 0.6) is 0 Å². The van der Waals surface area contributed by atoms with Gasteiger partial charge in [0.2, 0.25) is 5.91 Å². The maximum Gasteiger partial charge on any atom is 0.248 e. The summed E-state index contributed by atoms with van der Waals surface area (Å²) < 4.78 is 0. The van der Waals surface area contributed by atoms with Crippen LogP contribution in [-0.4, -0.2) is 5.91 Å². The standard InChI is InChI=1S/C18H20N2O/c1-2-6-15-8-3-4-10-17(15)20-18(21)12-11-14-7-5-9-16(19)13-14/h3-5,7-13H,2,6,19H2,1H3,(H,20,21)/b12-11+. The van der Waals surface area contributed by atoms with E-state index < -0.39 is 0 Å². The molecule has 0 heterocycles. The van der Waals surface area contributed by atoms with Gasteiger partial charge in [0.1, 0.15) is 0 Å². The van der Waals surface area contributed by atoms with Crippen LogP contribution in [0, 0.1) is 0 Å². The molecule has 0 aliphatic carbocycles. The first-order valence-electron chi connectivity index (χ1n) is 7.11. The molecule has 0 fully saturated rings. The highest BCUT2D eigenvalue weighted by Crippen LogP contribution is 2.17. The van der Waals surface area contributed by atoms with Gasteiger partial charge in [-0.3, -0.25) is 4.79 Å². The number of rotatable bonds is 5. The molecule has 0 atom stereocenters. The maximum atomic E-state index is 12.0. The second kappa shape index (κ2) is 7.29. The number of para-hydroxylation sites is 1. The van der Waals surface area contributed by atoms with Crippen LogP contribution in [0.25, 0.3) is 6.08 Å². The molecule has 108 valence electrons. The second-order valence-corrected chi connectivity index (χ2v) is 4.90. The molecule has 2 aromatic carbocycles. The summed E-state index contributed by atoms with van der Waals surface area (Å²) in [5.74, 6) is -0.138. The van der Waals surface area contributed by atoms with E-state index in [-0.39, 0.29) is 5.91 Å². The maximum absolute atomic E-state index is 12.0. The van der Waals surface area contributed by atoms with Crippen molar-refractivity contribution in [3.63, 3.8) is 0 Å². The fourth-order valence-electron chi connectivity index (χ4n) is 2.14. The number of benzene rings is 2. The molecule has 3 heteroatoms. The van der Waals surface area contributed by atoms with E-state index in [9.17, 15) is 4.79 Å². The van der Waals surface area contributed by atoms with Gasteiger partial charge in [0.05, 0.1) is 0 Å². The third kappa shape index (κ3) is 4.49. The van der Waals surface area contributed by atoms with Crippen LogP contribution in [0.3, 0.4) is 0 Å². The smallest absolute Gasteiger partial charge is 0.248 e. The number of anilines is 2. The first-order chi connectivity index (χ1) is 10.2. The van der Waals surface area contributed by atoms with Crippen LogP contribution in [-0.2, 0) is 11.2 Å². The number of nitrogens with two attached hydrogens (primary N) is 1. The number of carbonyl (C=O) groups is 1.